The van der Waals surface area contributed by atoms with Crippen LogP contribution in [0.2, 0.25) is 0 Å². The predicted octanol–water partition coefficient (Wildman–Crippen LogP) is 3.26. The van der Waals surface area contributed by atoms with E-state index in [1.807, 2.05) is 11.3 Å². The highest BCUT2D eigenvalue weighted by Gasteiger charge is 2.00. The second kappa shape index (κ2) is 3.20. The van der Waals surface area contributed by atoms with Crippen molar-refractivity contribution in [2.75, 3.05) is 0 Å². The van der Waals surface area contributed by atoms with Crippen molar-refractivity contribution in [3.05, 3.63) is 21.9 Å². The third-order valence-corrected chi connectivity index (χ3v) is 2.50. The summed E-state index contributed by atoms with van der Waals surface area (Å²) in [5.74, 6) is 0.785. The predicted molar refractivity (Wildman–Crippen MR) is 47.6 cm³/mol. The monoisotopic (exact) mass is 154 g/mol. The molecule has 10 heavy (non-hydrogen) atoms. The molecule has 0 bridgehead atoms. The maximum absolute atomic E-state index is 2.26. The van der Waals surface area contributed by atoms with Gasteiger partial charge in [0.15, 0.2) is 0 Å². The Balaban J connectivity index is 2.65. The zero-order chi connectivity index (χ0) is 7.56. The lowest BCUT2D eigenvalue weighted by Gasteiger charge is -2.02. The number of thiophene rings is 1. The SMILES string of the molecule is Cc1cscc1CC(C)C. The van der Waals surface area contributed by atoms with Gasteiger partial charge in [0.2, 0.25) is 0 Å². The topological polar surface area (TPSA) is 0 Å². The molecule has 0 aliphatic carbocycles. The fraction of sp³-hybridized carbons (Fsp3) is 0.556. The minimum absolute atomic E-state index is 0.785. The average molecular weight is 154 g/mol. The molecule has 1 aromatic heterocycles. The summed E-state index contributed by atoms with van der Waals surface area (Å²) < 4.78 is 0. The van der Waals surface area contributed by atoms with Gasteiger partial charge in [0, 0.05) is 0 Å². The first-order valence-corrected chi connectivity index (χ1v) is 4.66. The Morgan fingerprint density at radius 3 is 2.50 bits per heavy atom. The summed E-state index contributed by atoms with van der Waals surface area (Å²) >= 11 is 1.81. The molecule has 0 fully saturated rings. The van der Waals surface area contributed by atoms with Crippen LogP contribution in [0.4, 0.5) is 0 Å². The highest BCUT2D eigenvalue weighted by Crippen LogP contribution is 2.17. The van der Waals surface area contributed by atoms with Crippen molar-refractivity contribution in [1.29, 1.82) is 0 Å². The molecule has 0 unspecified atom stereocenters. The second-order valence-electron chi connectivity index (χ2n) is 3.18. The molecular weight excluding hydrogens is 140 g/mol. The molecule has 0 aliphatic rings. The maximum atomic E-state index is 2.26. The van der Waals surface area contributed by atoms with Crippen LogP contribution in [-0.4, -0.2) is 0 Å². The minimum atomic E-state index is 0.785. The van der Waals surface area contributed by atoms with Crippen LogP contribution < -0.4 is 0 Å². The smallest absolute Gasteiger partial charge is 0.00584 e. The Morgan fingerprint density at radius 1 is 1.40 bits per heavy atom. The van der Waals surface area contributed by atoms with Crippen LogP contribution >= 0.6 is 11.3 Å². The molecule has 0 nitrogen and oxygen atoms in total. The number of rotatable bonds is 2. The number of aryl methyl sites for hydroxylation is 1. The molecule has 1 rings (SSSR count). The van der Waals surface area contributed by atoms with E-state index in [2.05, 4.69) is 31.5 Å². The Hall–Kier alpha value is -0.300. The zero-order valence-electron chi connectivity index (χ0n) is 6.85. The van der Waals surface area contributed by atoms with Crippen molar-refractivity contribution in [1.82, 2.24) is 0 Å². The molecular formula is C9H14S. The van der Waals surface area contributed by atoms with Crippen LogP contribution in [-0.2, 0) is 6.42 Å². The van der Waals surface area contributed by atoms with E-state index < -0.39 is 0 Å². The molecule has 0 saturated heterocycles. The highest BCUT2D eigenvalue weighted by atomic mass is 32.1. The molecule has 1 heteroatoms. The van der Waals surface area contributed by atoms with Gasteiger partial charge in [-0.1, -0.05) is 13.8 Å². The fourth-order valence-corrected chi connectivity index (χ4v) is 1.91. The first-order chi connectivity index (χ1) is 4.70. The molecule has 0 amide bonds. The van der Waals surface area contributed by atoms with Crippen LogP contribution in [0.15, 0.2) is 10.8 Å². The third kappa shape index (κ3) is 1.84. The molecule has 56 valence electrons. The van der Waals surface area contributed by atoms with Crippen molar-refractivity contribution >= 4 is 11.3 Å². The van der Waals surface area contributed by atoms with Gasteiger partial charge < -0.3 is 0 Å². The first-order valence-electron chi connectivity index (χ1n) is 3.72. The van der Waals surface area contributed by atoms with Crippen molar-refractivity contribution in [2.45, 2.75) is 27.2 Å². The van der Waals surface area contributed by atoms with Crippen LogP contribution in [0, 0.1) is 12.8 Å². The summed E-state index contributed by atoms with van der Waals surface area (Å²) in [5, 5.41) is 4.48. The zero-order valence-corrected chi connectivity index (χ0v) is 7.66. The van der Waals surface area contributed by atoms with Crippen molar-refractivity contribution in [2.24, 2.45) is 5.92 Å². The minimum Gasteiger partial charge on any atom is -0.152 e. The maximum Gasteiger partial charge on any atom is -0.00584 e. The van der Waals surface area contributed by atoms with E-state index in [1.165, 1.54) is 17.5 Å². The lowest BCUT2D eigenvalue weighted by atomic mass is 10.0. The summed E-state index contributed by atoms with van der Waals surface area (Å²) in [4.78, 5) is 0. The molecule has 0 radical (unpaired) electrons. The first kappa shape index (κ1) is 7.80. The Bertz CT molecular complexity index is 198. The summed E-state index contributed by atoms with van der Waals surface area (Å²) in [6.07, 6.45) is 1.23. The van der Waals surface area contributed by atoms with Crippen molar-refractivity contribution in [3.8, 4) is 0 Å². The van der Waals surface area contributed by atoms with Gasteiger partial charge in [0.25, 0.3) is 0 Å². The summed E-state index contributed by atoms with van der Waals surface area (Å²) in [6.45, 7) is 6.71. The molecule has 1 heterocycles. The van der Waals surface area contributed by atoms with E-state index in [0.717, 1.165) is 5.92 Å². The van der Waals surface area contributed by atoms with Crippen LogP contribution in [0.1, 0.15) is 25.0 Å². The highest BCUT2D eigenvalue weighted by molar-refractivity contribution is 7.08. The Kier molecular flexibility index (Phi) is 2.50. The summed E-state index contributed by atoms with van der Waals surface area (Å²) in [6, 6.07) is 0. The van der Waals surface area contributed by atoms with Gasteiger partial charge in [-0.15, -0.1) is 0 Å². The summed E-state index contributed by atoms with van der Waals surface area (Å²) in [7, 11) is 0. The Morgan fingerprint density at radius 2 is 2.10 bits per heavy atom. The largest absolute Gasteiger partial charge is 0.152 e. The quantitative estimate of drug-likeness (QED) is 0.613. The van der Waals surface area contributed by atoms with Crippen LogP contribution in [0.25, 0.3) is 0 Å². The van der Waals surface area contributed by atoms with Gasteiger partial charge in [0.05, 0.1) is 0 Å². The van der Waals surface area contributed by atoms with E-state index in [-0.39, 0.29) is 0 Å². The van der Waals surface area contributed by atoms with Gasteiger partial charge in [-0.25, -0.2) is 0 Å². The van der Waals surface area contributed by atoms with E-state index in [9.17, 15) is 0 Å². The molecule has 0 atom stereocenters. The average Bonchev–Trinajstić information content (AvgIpc) is 2.15. The molecule has 0 N–H and O–H groups in total. The van der Waals surface area contributed by atoms with Gasteiger partial charge in [-0.3, -0.25) is 0 Å². The third-order valence-electron chi connectivity index (χ3n) is 1.59. The van der Waals surface area contributed by atoms with Crippen molar-refractivity contribution < 1.29 is 0 Å². The molecule has 0 aromatic carbocycles. The van der Waals surface area contributed by atoms with Gasteiger partial charge in [0.1, 0.15) is 0 Å². The lowest BCUT2D eigenvalue weighted by Crippen LogP contribution is -1.93. The van der Waals surface area contributed by atoms with Crippen LogP contribution in [0.3, 0.4) is 0 Å². The second-order valence-corrected chi connectivity index (χ2v) is 3.92. The van der Waals surface area contributed by atoms with Crippen LogP contribution in [0.5, 0.6) is 0 Å². The molecule has 0 saturated carbocycles. The Labute approximate surface area is 66.9 Å². The van der Waals surface area contributed by atoms with Gasteiger partial charge in [-0.2, -0.15) is 11.3 Å². The van der Waals surface area contributed by atoms with E-state index in [1.54, 1.807) is 0 Å². The molecule has 1 aromatic rings. The standard InChI is InChI=1S/C9H14S/c1-7(2)4-9-6-10-5-8(9)3/h5-7H,4H2,1-3H3. The molecule has 0 aliphatic heterocycles. The summed E-state index contributed by atoms with van der Waals surface area (Å²) in [5.41, 5.74) is 2.98. The van der Waals surface area contributed by atoms with Gasteiger partial charge >= 0.3 is 0 Å². The fourth-order valence-electron chi connectivity index (χ4n) is 1.04. The van der Waals surface area contributed by atoms with Crippen molar-refractivity contribution in [3.63, 3.8) is 0 Å². The number of hydrogen-bond donors (Lipinski definition) is 0. The number of hydrogen-bond acceptors (Lipinski definition) is 1. The van der Waals surface area contributed by atoms with E-state index >= 15 is 0 Å². The van der Waals surface area contributed by atoms with Gasteiger partial charge in [-0.05, 0) is 41.1 Å². The molecule has 0 spiro atoms. The normalized spacial score (nSPS) is 10.8. The van der Waals surface area contributed by atoms with E-state index in [0.29, 0.717) is 0 Å². The lowest BCUT2D eigenvalue weighted by molar-refractivity contribution is 0.646. The van der Waals surface area contributed by atoms with E-state index in [4.69, 9.17) is 0 Å².